The number of halogens is 3. The van der Waals surface area contributed by atoms with Gasteiger partial charge in [-0.25, -0.2) is 0 Å². The van der Waals surface area contributed by atoms with E-state index in [0.29, 0.717) is 0 Å². The molecule has 4 N–H and O–H groups in total. The summed E-state index contributed by atoms with van der Waals surface area (Å²) in [7, 11) is 0. The van der Waals surface area contributed by atoms with Gasteiger partial charge in [-0.1, -0.05) is 5.16 Å². The summed E-state index contributed by atoms with van der Waals surface area (Å²) in [5.74, 6) is -0.678. The molecule has 74 valence electrons. The Hall–Kier alpha value is -1.15. The van der Waals surface area contributed by atoms with Crippen LogP contribution < -0.4 is 11.5 Å². The largest absolute Gasteiger partial charge is 0.412 e. The minimum absolute atomic E-state index is 0.00491. The number of nitrogens with two attached hydrogens (primary N) is 2. The van der Waals surface area contributed by atoms with E-state index in [1.165, 1.54) is 0 Å². The second kappa shape index (κ2) is 3.30. The fourth-order valence-corrected chi connectivity index (χ4v) is 0.617. The first-order valence-corrected chi connectivity index (χ1v) is 3.30. The van der Waals surface area contributed by atoms with Gasteiger partial charge in [0.25, 0.3) is 5.89 Å². The fraction of sp³-hybridized carbons (Fsp3) is 0.600. The molecule has 0 aliphatic heterocycles. The topological polar surface area (TPSA) is 91.0 Å². The van der Waals surface area contributed by atoms with Gasteiger partial charge < -0.3 is 16.0 Å². The molecule has 0 bridgehead atoms. The van der Waals surface area contributed by atoms with Crippen LogP contribution in [0.3, 0.4) is 0 Å². The molecular formula is C5H7F3N4O. The quantitative estimate of drug-likeness (QED) is 0.699. The van der Waals surface area contributed by atoms with E-state index in [4.69, 9.17) is 11.5 Å². The molecule has 1 unspecified atom stereocenters. The van der Waals surface area contributed by atoms with Crippen molar-refractivity contribution in [3.8, 4) is 0 Å². The number of alkyl halides is 3. The molecule has 0 fully saturated rings. The molecule has 0 amide bonds. The van der Waals surface area contributed by atoms with Crippen molar-refractivity contribution in [1.29, 1.82) is 0 Å². The lowest BCUT2D eigenvalue weighted by molar-refractivity contribution is -0.154. The van der Waals surface area contributed by atoms with Crippen molar-refractivity contribution in [2.75, 3.05) is 0 Å². The molecule has 1 rings (SSSR count). The van der Waals surface area contributed by atoms with Gasteiger partial charge in [0.2, 0.25) is 0 Å². The Morgan fingerprint density at radius 3 is 2.46 bits per heavy atom. The Balaban J connectivity index is 2.83. The number of aromatic nitrogens is 2. The molecule has 0 aromatic carbocycles. The number of nitrogens with zero attached hydrogens (tertiary/aromatic N) is 2. The molecule has 0 aliphatic carbocycles. The van der Waals surface area contributed by atoms with Crippen LogP contribution in [0.25, 0.3) is 0 Å². The minimum Gasteiger partial charge on any atom is -0.337 e. The average Bonchev–Trinajstić information content (AvgIpc) is 2.48. The van der Waals surface area contributed by atoms with Crippen LogP contribution >= 0.6 is 0 Å². The van der Waals surface area contributed by atoms with Crippen LogP contribution in [0.15, 0.2) is 4.52 Å². The summed E-state index contributed by atoms with van der Waals surface area (Å²) >= 11 is 0. The third-order valence-electron chi connectivity index (χ3n) is 1.29. The molecule has 0 saturated carbocycles. The van der Waals surface area contributed by atoms with Gasteiger partial charge >= 0.3 is 6.18 Å². The number of hydrogen-bond acceptors (Lipinski definition) is 5. The summed E-state index contributed by atoms with van der Waals surface area (Å²) in [4.78, 5) is 3.35. The highest BCUT2D eigenvalue weighted by Crippen LogP contribution is 2.29. The van der Waals surface area contributed by atoms with Crippen molar-refractivity contribution < 1.29 is 17.7 Å². The van der Waals surface area contributed by atoms with E-state index >= 15 is 0 Å². The van der Waals surface area contributed by atoms with Crippen LogP contribution in [0.1, 0.15) is 17.8 Å². The summed E-state index contributed by atoms with van der Waals surface area (Å²) in [6.07, 6.45) is -4.58. The molecule has 5 nitrogen and oxygen atoms in total. The third-order valence-corrected chi connectivity index (χ3v) is 1.29. The summed E-state index contributed by atoms with van der Waals surface area (Å²) in [5, 5.41) is 3.18. The van der Waals surface area contributed by atoms with Crippen LogP contribution in [0.2, 0.25) is 0 Å². The van der Waals surface area contributed by atoms with Crippen LogP contribution in [-0.4, -0.2) is 16.3 Å². The van der Waals surface area contributed by atoms with Crippen LogP contribution in [0, 0.1) is 0 Å². The molecule has 0 radical (unpaired) electrons. The highest BCUT2D eigenvalue weighted by atomic mass is 19.4. The van der Waals surface area contributed by atoms with E-state index in [1.54, 1.807) is 0 Å². The maximum absolute atomic E-state index is 12.0. The Morgan fingerprint density at radius 1 is 1.46 bits per heavy atom. The lowest BCUT2D eigenvalue weighted by Gasteiger charge is -2.09. The maximum Gasteiger partial charge on any atom is 0.412 e. The van der Waals surface area contributed by atoms with Crippen molar-refractivity contribution >= 4 is 0 Å². The Bertz CT molecular complexity index is 284. The normalized spacial score (nSPS) is 14.5. The molecule has 1 heterocycles. The highest BCUT2D eigenvalue weighted by Gasteiger charge is 2.41. The van der Waals surface area contributed by atoms with Gasteiger partial charge in [-0.3, -0.25) is 0 Å². The third kappa shape index (κ3) is 2.16. The van der Waals surface area contributed by atoms with E-state index in [1.807, 2.05) is 0 Å². The van der Waals surface area contributed by atoms with Crippen LogP contribution in [-0.2, 0) is 6.54 Å². The van der Waals surface area contributed by atoms with Gasteiger partial charge in [-0.05, 0) is 0 Å². The second-order valence-corrected chi connectivity index (χ2v) is 2.27. The maximum atomic E-state index is 12.0. The predicted molar refractivity (Wildman–Crippen MR) is 35.2 cm³/mol. The fourth-order valence-electron chi connectivity index (χ4n) is 0.617. The summed E-state index contributed by atoms with van der Waals surface area (Å²) < 4.78 is 40.1. The molecule has 1 aromatic heterocycles. The lowest BCUT2D eigenvalue weighted by atomic mass is 10.3. The van der Waals surface area contributed by atoms with Crippen molar-refractivity contribution in [3.63, 3.8) is 0 Å². The zero-order chi connectivity index (χ0) is 10.1. The Kier molecular flexibility index (Phi) is 2.52. The Morgan fingerprint density at radius 2 is 2.08 bits per heavy atom. The highest BCUT2D eigenvalue weighted by molar-refractivity contribution is 4.94. The molecule has 8 heteroatoms. The molecule has 13 heavy (non-hydrogen) atoms. The standard InChI is InChI=1S/C5H7F3N4O/c6-5(7,8)3(10)4-11-2(1-9)12-13-4/h3H,1,9-10H2. The van der Waals surface area contributed by atoms with Crippen LogP contribution in [0.5, 0.6) is 0 Å². The van der Waals surface area contributed by atoms with Crippen LogP contribution in [0.4, 0.5) is 13.2 Å². The summed E-state index contributed by atoms with van der Waals surface area (Å²) in [6, 6.07) is -2.25. The van der Waals surface area contributed by atoms with Gasteiger partial charge in [0.1, 0.15) is 0 Å². The zero-order valence-electron chi connectivity index (χ0n) is 6.38. The van der Waals surface area contributed by atoms with Gasteiger partial charge in [0, 0.05) is 0 Å². The first kappa shape index (κ1) is 9.93. The Labute approximate surface area is 70.9 Å². The second-order valence-electron chi connectivity index (χ2n) is 2.27. The van der Waals surface area contributed by atoms with E-state index < -0.39 is 18.1 Å². The molecule has 0 saturated heterocycles. The molecule has 1 aromatic rings. The number of rotatable bonds is 2. The van der Waals surface area contributed by atoms with Gasteiger partial charge in [-0.15, -0.1) is 0 Å². The smallest absolute Gasteiger partial charge is 0.337 e. The minimum atomic E-state index is -4.58. The van der Waals surface area contributed by atoms with Gasteiger partial charge in [0.05, 0.1) is 6.54 Å². The van der Waals surface area contributed by atoms with Gasteiger partial charge in [-0.2, -0.15) is 18.2 Å². The van der Waals surface area contributed by atoms with Crippen molar-refractivity contribution in [2.45, 2.75) is 18.8 Å². The summed E-state index contributed by atoms with van der Waals surface area (Å²) in [6.45, 7) is -0.0892. The molecule has 0 spiro atoms. The van der Waals surface area contributed by atoms with E-state index in [-0.39, 0.29) is 12.4 Å². The van der Waals surface area contributed by atoms with Crippen molar-refractivity contribution in [1.82, 2.24) is 10.1 Å². The number of hydrogen-bond donors (Lipinski definition) is 2. The first-order chi connectivity index (χ1) is 5.95. The van der Waals surface area contributed by atoms with Gasteiger partial charge in [0.15, 0.2) is 11.9 Å². The van der Waals surface area contributed by atoms with Crippen molar-refractivity contribution in [2.24, 2.45) is 11.5 Å². The zero-order valence-corrected chi connectivity index (χ0v) is 6.38. The first-order valence-electron chi connectivity index (χ1n) is 3.30. The van der Waals surface area contributed by atoms with E-state index in [2.05, 4.69) is 14.7 Å². The van der Waals surface area contributed by atoms with Crippen molar-refractivity contribution in [3.05, 3.63) is 11.7 Å². The van der Waals surface area contributed by atoms with E-state index in [9.17, 15) is 13.2 Å². The predicted octanol–water partition coefficient (Wildman–Crippen LogP) is 0.0904. The molecule has 1 atom stereocenters. The van der Waals surface area contributed by atoms with E-state index in [0.717, 1.165) is 0 Å². The molecular weight excluding hydrogens is 189 g/mol. The average molecular weight is 196 g/mol. The monoisotopic (exact) mass is 196 g/mol. The molecule has 0 aliphatic rings. The SMILES string of the molecule is NCc1noc(C(N)C(F)(F)F)n1. The summed E-state index contributed by atoms with van der Waals surface area (Å²) in [5.41, 5.74) is 9.84. The lowest BCUT2D eigenvalue weighted by Crippen LogP contribution is -2.28.